The van der Waals surface area contributed by atoms with Crippen LogP contribution in [0.15, 0.2) is 28.7 Å². The molecule has 2 N–H and O–H groups in total. The Morgan fingerprint density at radius 2 is 2.21 bits per heavy atom. The van der Waals surface area contributed by atoms with Crippen molar-refractivity contribution >= 4 is 44.9 Å². The third-order valence-corrected chi connectivity index (χ3v) is 2.07. The molecule has 0 fully saturated rings. The summed E-state index contributed by atoms with van der Waals surface area (Å²) in [5.74, 6) is -0.183. The fourth-order valence-corrected chi connectivity index (χ4v) is 1.55. The zero-order chi connectivity index (χ0) is 10.6. The predicted molar refractivity (Wildman–Crippen MR) is 64.2 cm³/mol. The van der Waals surface area contributed by atoms with E-state index in [1.54, 1.807) is 0 Å². The molecule has 0 heterocycles. The first-order valence-corrected chi connectivity index (χ1v) is 5.12. The van der Waals surface area contributed by atoms with Gasteiger partial charge in [0.2, 0.25) is 5.91 Å². The lowest BCUT2D eigenvalue weighted by Gasteiger charge is -2.07. The Labute approximate surface area is 96.0 Å². The Hall–Kier alpha value is -0.940. The standard InChI is InChI=1S/C9H9BrN2OS/c1-6(13)11-9(14)12-8-4-2-3-7(10)5-8/h2-5H,1H3,(H2,11,12,13,14). The van der Waals surface area contributed by atoms with Gasteiger partial charge in [0.05, 0.1) is 0 Å². The lowest BCUT2D eigenvalue weighted by molar-refractivity contribution is -0.117. The first kappa shape index (κ1) is 11.1. The van der Waals surface area contributed by atoms with E-state index in [9.17, 15) is 4.79 Å². The van der Waals surface area contributed by atoms with Crippen molar-refractivity contribution < 1.29 is 4.79 Å². The lowest BCUT2D eigenvalue weighted by Crippen LogP contribution is -2.32. The van der Waals surface area contributed by atoms with Crippen LogP contribution < -0.4 is 10.6 Å². The Kier molecular flexibility index (Phi) is 4.03. The van der Waals surface area contributed by atoms with E-state index in [-0.39, 0.29) is 5.91 Å². The number of carbonyl (C=O) groups excluding carboxylic acids is 1. The molecule has 1 amide bonds. The van der Waals surface area contributed by atoms with Gasteiger partial charge in [-0.15, -0.1) is 0 Å². The molecular formula is C9H9BrN2OS. The molecule has 0 bridgehead atoms. The molecule has 3 nitrogen and oxygen atoms in total. The highest BCUT2D eigenvalue weighted by Gasteiger charge is 1.99. The zero-order valence-corrected chi connectivity index (χ0v) is 9.91. The summed E-state index contributed by atoms with van der Waals surface area (Å²) in [5.41, 5.74) is 0.832. The highest BCUT2D eigenvalue weighted by molar-refractivity contribution is 9.10. The third kappa shape index (κ3) is 3.85. The van der Waals surface area contributed by atoms with E-state index in [1.165, 1.54) is 6.92 Å². The maximum Gasteiger partial charge on any atom is 0.222 e. The maximum atomic E-state index is 10.7. The van der Waals surface area contributed by atoms with Crippen molar-refractivity contribution in [1.82, 2.24) is 5.32 Å². The summed E-state index contributed by atoms with van der Waals surface area (Å²) in [5, 5.41) is 5.66. The molecule has 0 aliphatic carbocycles. The number of anilines is 1. The normalized spacial score (nSPS) is 9.29. The van der Waals surface area contributed by atoms with Gasteiger partial charge in [-0.05, 0) is 30.4 Å². The van der Waals surface area contributed by atoms with Gasteiger partial charge in [0, 0.05) is 17.1 Å². The molecule has 0 aliphatic rings. The fourth-order valence-electron chi connectivity index (χ4n) is 0.888. The van der Waals surface area contributed by atoms with Gasteiger partial charge < -0.3 is 10.6 Å². The molecule has 0 saturated carbocycles. The second kappa shape index (κ2) is 5.07. The van der Waals surface area contributed by atoms with E-state index in [1.807, 2.05) is 24.3 Å². The van der Waals surface area contributed by atoms with Crippen LogP contribution in [0.25, 0.3) is 0 Å². The van der Waals surface area contributed by atoms with Crippen molar-refractivity contribution in [3.8, 4) is 0 Å². The van der Waals surface area contributed by atoms with Crippen LogP contribution >= 0.6 is 28.1 Å². The maximum absolute atomic E-state index is 10.7. The molecular weight excluding hydrogens is 264 g/mol. The van der Waals surface area contributed by atoms with Gasteiger partial charge in [-0.1, -0.05) is 22.0 Å². The number of thiocarbonyl (C=S) groups is 1. The minimum absolute atomic E-state index is 0.183. The van der Waals surface area contributed by atoms with Crippen molar-refractivity contribution in [2.75, 3.05) is 5.32 Å². The molecule has 5 heteroatoms. The largest absolute Gasteiger partial charge is 0.332 e. The molecule has 0 aromatic heterocycles. The van der Waals surface area contributed by atoms with Crippen LogP contribution in [0.1, 0.15) is 6.92 Å². The van der Waals surface area contributed by atoms with Gasteiger partial charge in [-0.2, -0.15) is 0 Å². The fraction of sp³-hybridized carbons (Fsp3) is 0.111. The van der Waals surface area contributed by atoms with Crippen LogP contribution in [0.3, 0.4) is 0 Å². The summed E-state index contributed by atoms with van der Waals surface area (Å²) < 4.78 is 0.952. The molecule has 0 unspecified atom stereocenters. The van der Waals surface area contributed by atoms with E-state index in [0.717, 1.165) is 10.2 Å². The van der Waals surface area contributed by atoms with Crippen LogP contribution in [0.5, 0.6) is 0 Å². The SMILES string of the molecule is CC(=O)NC(=S)Nc1cccc(Br)c1. The molecule has 0 atom stereocenters. The Morgan fingerprint density at radius 1 is 1.50 bits per heavy atom. The van der Waals surface area contributed by atoms with Crippen LogP contribution in [0, 0.1) is 0 Å². The molecule has 0 spiro atoms. The molecule has 0 saturated heterocycles. The smallest absolute Gasteiger partial charge is 0.222 e. The molecule has 0 radical (unpaired) electrons. The Bertz CT molecular complexity index is 368. The topological polar surface area (TPSA) is 41.1 Å². The summed E-state index contributed by atoms with van der Waals surface area (Å²) >= 11 is 8.23. The average molecular weight is 273 g/mol. The van der Waals surface area contributed by atoms with Crippen LogP contribution in [0.2, 0.25) is 0 Å². The summed E-state index contributed by atoms with van der Waals surface area (Å²) in [6.45, 7) is 1.41. The van der Waals surface area contributed by atoms with E-state index < -0.39 is 0 Å². The second-order valence-corrected chi connectivity index (χ2v) is 3.97. The van der Waals surface area contributed by atoms with Crippen LogP contribution in [-0.4, -0.2) is 11.0 Å². The van der Waals surface area contributed by atoms with Gasteiger partial charge in [0.15, 0.2) is 5.11 Å². The number of rotatable bonds is 1. The van der Waals surface area contributed by atoms with E-state index in [4.69, 9.17) is 12.2 Å². The molecule has 1 aromatic rings. The number of nitrogens with one attached hydrogen (secondary N) is 2. The zero-order valence-electron chi connectivity index (χ0n) is 7.50. The molecule has 0 aliphatic heterocycles. The quantitative estimate of drug-likeness (QED) is 0.771. The monoisotopic (exact) mass is 272 g/mol. The van der Waals surface area contributed by atoms with Gasteiger partial charge in [-0.3, -0.25) is 4.79 Å². The number of carbonyl (C=O) groups is 1. The molecule has 1 rings (SSSR count). The lowest BCUT2D eigenvalue weighted by atomic mass is 10.3. The summed E-state index contributed by atoms with van der Waals surface area (Å²) in [6, 6.07) is 7.52. The predicted octanol–water partition coefficient (Wildman–Crippen LogP) is 2.28. The van der Waals surface area contributed by atoms with Crippen molar-refractivity contribution in [3.05, 3.63) is 28.7 Å². The van der Waals surface area contributed by atoms with Crippen molar-refractivity contribution in [1.29, 1.82) is 0 Å². The number of benzene rings is 1. The third-order valence-electron chi connectivity index (χ3n) is 1.37. The number of hydrogen-bond acceptors (Lipinski definition) is 2. The van der Waals surface area contributed by atoms with Crippen molar-refractivity contribution in [2.24, 2.45) is 0 Å². The molecule has 74 valence electrons. The van der Waals surface area contributed by atoms with Crippen LogP contribution in [0.4, 0.5) is 5.69 Å². The second-order valence-electron chi connectivity index (χ2n) is 2.65. The number of halogens is 1. The number of amides is 1. The first-order chi connectivity index (χ1) is 6.58. The van der Waals surface area contributed by atoms with E-state index >= 15 is 0 Å². The van der Waals surface area contributed by atoms with Gasteiger partial charge >= 0.3 is 0 Å². The van der Waals surface area contributed by atoms with Gasteiger partial charge in [-0.25, -0.2) is 0 Å². The average Bonchev–Trinajstić information content (AvgIpc) is 2.01. The Balaban J connectivity index is 2.60. The van der Waals surface area contributed by atoms with Gasteiger partial charge in [0.1, 0.15) is 0 Å². The van der Waals surface area contributed by atoms with E-state index in [0.29, 0.717) is 5.11 Å². The molecule has 1 aromatic carbocycles. The highest BCUT2D eigenvalue weighted by atomic mass is 79.9. The van der Waals surface area contributed by atoms with Gasteiger partial charge in [0.25, 0.3) is 0 Å². The van der Waals surface area contributed by atoms with E-state index in [2.05, 4.69) is 26.6 Å². The highest BCUT2D eigenvalue weighted by Crippen LogP contribution is 2.15. The first-order valence-electron chi connectivity index (χ1n) is 3.92. The summed E-state index contributed by atoms with van der Waals surface area (Å²) in [4.78, 5) is 10.7. The van der Waals surface area contributed by atoms with Crippen LogP contribution in [-0.2, 0) is 4.79 Å². The van der Waals surface area contributed by atoms with Crippen molar-refractivity contribution in [3.63, 3.8) is 0 Å². The summed E-state index contributed by atoms with van der Waals surface area (Å²) in [6.07, 6.45) is 0. The number of hydrogen-bond donors (Lipinski definition) is 2. The minimum atomic E-state index is -0.183. The van der Waals surface area contributed by atoms with Crippen molar-refractivity contribution in [2.45, 2.75) is 6.92 Å². The summed E-state index contributed by atoms with van der Waals surface area (Å²) in [7, 11) is 0. The minimum Gasteiger partial charge on any atom is -0.332 e. The molecule has 14 heavy (non-hydrogen) atoms. The Morgan fingerprint density at radius 3 is 2.79 bits per heavy atom.